The quantitative estimate of drug-likeness (QED) is 0.810. The lowest BCUT2D eigenvalue weighted by Gasteiger charge is -2.29. The second-order valence-electron chi connectivity index (χ2n) is 5.78. The first-order valence-corrected chi connectivity index (χ1v) is 6.79. The summed E-state index contributed by atoms with van der Waals surface area (Å²) >= 11 is 3.44. The highest BCUT2D eigenvalue weighted by molar-refractivity contribution is 9.10. The molecule has 1 unspecified atom stereocenters. The van der Waals surface area contributed by atoms with E-state index in [4.69, 9.17) is 4.74 Å². The van der Waals surface area contributed by atoms with Crippen molar-refractivity contribution in [3.05, 3.63) is 33.8 Å². The number of hydrogen-bond acceptors (Lipinski definition) is 3. The Morgan fingerprint density at radius 2 is 2.11 bits per heavy atom. The molecule has 4 heteroatoms. The van der Waals surface area contributed by atoms with Crippen molar-refractivity contribution in [1.29, 1.82) is 0 Å². The van der Waals surface area contributed by atoms with Crippen LogP contribution in [0.15, 0.2) is 22.7 Å². The molecule has 0 aromatic heterocycles. The van der Waals surface area contributed by atoms with E-state index in [0.717, 1.165) is 15.6 Å². The van der Waals surface area contributed by atoms with Gasteiger partial charge in [0.05, 0.1) is 0 Å². The molecule has 0 amide bonds. The molecule has 3 nitrogen and oxygen atoms in total. The van der Waals surface area contributed by atoms with Gasteiger partial charge in [-0.2, -0.15) is 0 Å². The van der Waals surface area contributed by atoms with Crippen LogP contribution in [-0.2, 0) is 21.6 Å². The predicted molar refractivity (Wildman–Crippen MR) is 74.2 cm³/mol. The molecular formula is C14H18BrNO2. The maximum absolute atomic E-state index is 12.3. The zero-order valence-corrected chi connectivity index (χ0v) is 12.7. The number of benzene rings is 1. The van der Waals surface area contributed by atoms with Crippen LogP contribution >= 0.6 is 15.9 Å². The summed E-state index contributed by atoms with van der Waals surface area (Å²) in [5, 5.41) is 3.25. The van der Waals surface area contributed by atoms with E-state index >= 15 is 0 Å². The van der Waals surface area contributed by atoms with E-state index in [2.05, 4.69) is 21.2 Å². The van der Waals surface area contributed by atoms with Crippen molar-refractivity contribution in [2.75, 3.05) is 0 Å². The van der Waals surface area contributed by atoms with Gasteiger partial charge in [-0.05, 0) is 51.0 Å². The Balaban J connectivity index is 2.33. The van der Waals surface area contributed by atoms with Crippen LogP contribution in [0.5, 0.6) is 0 Å². The third-order valence-electron chi connectivity index (χ3n) is 3.05. The van der Waals surface area contributed by atoms with Gasteiger partial charge in [-0.15, -0.1) is 0 Å². The molecule has 2 rings (SSSR count). The van der Waals surface area contributed by atoms with Crippen LogP contribution in [0.1, 0.15) is 38.8 Å². The Labute approximate surface area is 116 Å². The molecule has 1 aliphatic rings. The van der Waals surface area contributed by atoms with E-state index in [9.17, 15) is 4.79 Å². The smallest absolute Gasteiger partial charge is 0.331 e. The van der Waals surface area contributed by atoms with E-state index < -0.39 is 11.1 Å². The minimum atomic E-state index is -0.747. The van der Waals surface area contributed by atoms with Gasteiger partial charge < -0.3 is 4.74 Å². The number of esters is 1. The van der Waals surface area contributed by atoms with Crippen molar-refractivity contribution >= 4 is 21.9 Å². The SMILES string of the molecule is CC(C)(C)OC(=O)C1(C)NCc2cc(Br)ccc21. The second-order valence-corrected chi connectivity index (χ2v) is 6.70. The molecule has 1 atom stereocenters. The lowest BCUT2D eigenvalue weighted by Crippen LogP contribution is -2.45. The number of ether oxygens (including phenoxy) is 1. The average Bonchev–Trinajstić information content (AvgIpc) is 2.55. The number of fused-ring (bicyclic) bond motifs is 1. The minimum absolute atomic E-state index is 0.226. The van der Waals surface area contributed by atoms with E-state index in [1.54, 1.807) is 0 Å². The third kappa shape index (κ3) is 2.45. The third-order valence-corrected chi connectivity index (χ3v) is 3.54. The fourth-order valence-corrected chi connectivity index (χ4v) is 2.53. The zero-order chi connectivity index (χ0) is 13.6. The summed E-state index contributed by atoms with van der Waals surface area (Å²) in [6.07, 6.45) is 0. The lowest BCUT2D eigenvalue weighted by molar-refractivity contribution is -0.162. The number of carbonyl (C=O) groups is 1. The Kier molecular flexibility index (Phi) is 3.28. The van der Waals surface area contributed by atoms with Gasteiger partial charge in [-0.25, -0.2) is 4.79 Å². The maximum Gasteiger partial charge on any atom is 0.331 e. The number of halogens is 1. The zero-order valence-electron chi connectivity index (χ0n) is 11.1. The molecule has 18 heavy (non-hydrogen) atoms. The van der Waals surface area contributed by atoms with Gasteiger partial charge in [-0.1, -0.05) is 22.0 Å². The van der Waals surface area contributed by atoms with E-state index in [-0.39, 0.29) is 5.97 Å². The standard InChI is InChI=1S/C14H18BrNO2/c1-13(2,3)18-12(17)14(4)11-6-5-10(15)7-9(11)8-16-14/h5-7,16H,8H2,1-4H3. The van der Waals surface area contributed by atoms with E-state index in [1.807, 2.05) is 45.9 Å². The summed E-state index contributed by atoms with van der Waals surface area (Å²) in [7, 11) is 0. The molecule has 0 spiro atoms. The summed E-state index contributed by atoms with van der Waals surface area (Å²) in [6.45, 7) is 8.20. The highest BCUT2D eigenvalue weighted by Gasteiger charge is 2.43. The van der Waals surface area contributed by atoms with Gasteiger partial charge in [0.1, 0.15) is 11.1 Å². The summed E-state index contributed by atoms with van der Waals surface area (Å²) in [6, 6.07) is 5.97. The summed E-state index contributed by atoms with van der Waals surface area (Å²) in [4.78, 5) is 12.3. The largest absolute Gasteiger partial charge is 0.458 e. The van der Waals surface area contributed by atoms with Gasteiger partial charge >= 0.3 is 5.97 Å². The minimum Gasteiger partial charge on any atom is -0.458 e. The first-order chi connectivity index (χ1) is 8.22. The Morgan fingerprint density at radius 1 is 1.44 bits per heavy atom. The molecule has 98 valence electrons. The Hall–Kier alpha value is -0.870. The van der Waals surface area contributed by atoms with Crippen molar-refractivity contribution in [3.8, 4) is 0 Å². The summed E-state index contributed by atoms with van der Waals surface area (Å²) in [5.41, 5.74) is 0.918. The van der Waals surface area contributed by atoms with Crippen LogP contribution in [0, 0.1) is 0 Å². The van der Waals surface area contributed by atoms with Crippen LogP contribution in [0.2, 0.25) is 0 Å². The van der Waals surface area contributed by atoms with E-state index in [0.29, 0.717) is 6.54 Å². The molecule has 0 aliphatic carbocycles. The normalized spacial score (nSPS) is 22.7. The van der Waals surface area contributed by atoms with Gasteiger partial charge in [0.25, 0.3) is 0 Å². The van der Waals surface area contributed by atoms with Crippen LogP contribution in [0.25, 0.3) is 0 Å². The van der Waals surface area contributed by atoms with Gasteiger partial charge in [0, 0.05) is 11.0 Å². The summed E-state index contributed by atoms with van der Waals surface area (Å²) < 4.78 is 6.52. The van der Waals surface area contributed by atoms with Gasteiger partial charge in [0.2, 0.25) is 0 Å². The first-order valence-electron chi connectivity index (χ1n) is 6.00. The fraction of sp³-hybridized carbons (Fsp3) is 0.500. The van der Waals surface area contributed by atoms with Gasteiger partial charge in [0.15, 0.2) is 0 Å². The first kappa shape index (κ1) is 13.6. The predicted octanol–water partition coefficient (Wildman–Crippen LogP) is 3.11. The monoisotopic (exact) mass is 311 g/mol. The fourth-order valence-electron chi connectivity index (χ4n) is 2.13. The summed E-state index contributed by atoms with van der Waals surface area (Å²) in [5.74, 6) is -0.226. The molecule has 0 saturated carbocycles. The van der Waals surface area contributed by atoms with Crippen LogP contribution < -0.4 is 5.32 Å². The van der Waals surface area contributed by atoms with Crippen molar-refractivity contribution < 1.29 is 9.53 Å². The molecule has 0 saturated heterocycles. The molecule has 0 radical (unpaired) electrons. The Morgan fingerprint density at radius 3 is 2.72 bits per heavy atom. The van der Waals surface area contributed by atoms with Crippen LogP contribution in [0.4, 0.5) is 0 Å². The molecule has 0 bridgehead atoms. The highest BCUT2D eigenvalue weighted by atomic mass is 79.9. The van der Waals surface area contributed by atoms with Gasteiger partial charge in [-0.3, -0.25) is 5.32 Å². The van der Waals surface area contributed by atoms with Crippen LogP contribution in [-0.4, -0.2) is 11.6 Å². The van der Waals surface area contributed by atoms with Crippen molar-refractivity contribution in [1.82, 2.24) is 5.32 Å². The van der Waals surface area contributed by atoms with Crippen molar-refractivity contribution in [2.24, 2.45) is 0 Å². The molecule has 1 heterocycles. The van der Waals surface area contributed by atoms with Crippen LogP contribution in [0.3, 0.4) is 0 Å². The molecule has 0 fully saturated rings. The van der Waals surface area contributed by atoms with E-state index in [1.165, 1.54) is 0 Å². The molecule has 1 aliphatic heterocycles. The number of hydrogen-bond donors (Lipinski definition) is 1. The number of rotatable bonds is 1. The topological polar surface area (TPSA) is 38.3 Å². The van der Waals surface area contributed by atoms with Crippen molar-refractivity contribution in [2.45, 2.75) is 45.4 Å². The molecule has 1 aromatic carbocycles. The average molecular weight is 312 g/mol. The highest BCUT2D eigenvalue weighted by Crippen LogP contribution is 2.34. The second kappa shape index (κ2) is 4.35. The van der Waals surface area contributed by atoms with Crippen molar-refractivity contribution in [3.63, 3.8) is 0 Å². The molecular weight excluding hydrogens is 294 g/mol. The molecule has 1 aromatic rings. The number of carbonyl (C=O) groups excluding carboxylic acids is 1. The Bertz CT molecular complexity index is 493. The lowest BCUT2D eigenvalue weighted by atomic mass is 9.92. The molecule has 1 N–H and O–H groups in total. The maximum atomic E-state index is 12.3. The number of nitrogens with one attached hydrogen (secondary N) is 1.